The number of ether oxygens (including phenoxy) is 2. The predicted octanol–water partition coefficient (Wildman–Crippen LogP) is 3.84. The molecule has 1 rings (SSSR count). The van der Waals surface area contributed by atoms with Crippen LogP contribution in [0.2, 0.25) is 10.0 Å². The summed E-state index contributed by atoms with van der Waals surface area (Å²) in [4.78, 5) is 0. The van der Waals surface area contributed by atoms with Gasteiger partial charge < -0.3 is 15.2 Å². The second-order valence-electron chi connectivity index (χ2n) is 3.41. The lowest BCUT2D eigenvalue weighted by Gasteiger charge is -2.17. The largest absolute Gasteiger partial charge is 0.490 e. The van der Waals surface area contributed by atoms with E-state index in [9.17, 15) is 8.78 Å². The van der Waals surface area contributed by atoms with Gasteiger partial charge in [-0.2, -0.15) is 8.78 Å². The van der Waals surface area contributed by atoms with E-state index < -0.39 is 6.61 Å². The Hall–Kier alpha value is -0.780. The third-order valence-corrected chi connectivity index (χ3v) is 2.93. The Bertz CT molecular complexity index is 417. The molecule has 0 spiro atoms. The average Bonchev–Trinajstić information content (AvgIpc) is 2.31. The number of rotatable bonds is 6. The van der Waals surface area contributed by atoms with Crippen molar-refractivity contribution in [1.29, 1.82) is 0 Å². The zero-order valence-electron chi connectivity index (χ0n) is 9.68. The molecule has 0 unspecified atom stereocenters. The summed E-state index contributed by atoms with van der Waals surface area (Å²) in [5.41, 5.74) is 5.67. The third kappa shape index (κ3) is 3.60. The Kier molecular flexibility index (Phi) is 5.91. The number of halogens is 4. The summed E-state index contributed by atoms with van der Waals surface area (Å²) < 4.78 is 34.5. The number of alkyl halides is 2. The van der Waals surface area contributed by atoms with Crippen LogP contribution in [0.15, 0.2) is 6.07 Å². The minimum atomic E-state index is -2.99. The maximum absolute atomic E-state index is 12.4. The molecular weight excluding hydrogens is 287 g/mol. The second kappa shape index (κ2) is 6.97. The van der Waals surface area contributed by atoms with Crippen molar-refractivity contribution in [1.82, 2.24) is 0 Å². The van der Waals surface area contributed by atoms with Gasteiger partial charge in [0.05, 0.1) is 16.7 Å². The summed E-state index contributed by atoms with van der Waals surface area (Å²) in [5.74, 6) is -0.0395. The van der Waals surface area contributed by atoms with Gasteiger partial charge in [0.1, 0.15) is 0 Å². The lowest BCUT2D eigenvalue weighted by Crippen LogP contribution is -2.10. The van der Waals surface area contributed by atoms with Gasteiger partial charge in [0.15, 0.2) is 11.5 Å². The molecule has 0 saturated heterocycles. The first kappa shape index (κ1) is 15.3. The quantitative estimate of drug-likeness (QED) is 0.868. The minimum Gasteiger partial charge on any atom is -0.490 e. The monoisotopic (exact) mass is 299 g/mol. The van der Waals surface area contributed by atoms with Crippen molar-refractivity contribution in [3.8, 4) is 11.5 Å². The molecule has 0 amide bonds. The zero-order valence-corrected chi connectivity index (χ0v) is 11.2. The summed E-state index contributed by atoms with van der Waals surface area (Å²) in [5, 5.41) is 0.281. The molecule has 0 saturated carbocycles. The molecule has 7 heteroatoms. The molecule has 0 aromatic heterocycles. The van der Waals surface area contributed by atoms with E-state index in [2.05, 4.69) is 4.74 Å². The van der Waals surface area contributed by atoms with Gasteiger partial charge in [0, 0.05) is 18.2 Å². The van der Waals surface area contributed by atoms with Gasteiger partial charge in [-0.05, 0) is 6.42 Å². The van der Waals surface area contributed by atoms with Crippen LogP contribution in [0.5, 0.6) is 11.5 Å². The molecule has 18 heavy (non-hydrogen) atoms. The summed E-state index contributed by atoms with van der Waals surface area (Å²) in [7, 11) is 0. The van der Waals surface area contributed by atoms with E-state index >= 15 is 0 Å². The highest BCUT2D eigenvalue weighted by atomic mass is 35.5. The summed E-state index contributed by atoms with van der Waals surface area (Å²) >= 11 is 11.8. The fourth-order valence-electron chi connectivity index (χ4n) is 1.36. The van der Waals surface area contributed by atoms with Crippen LogP contribution in [-0.4, -0.2) is 13.2 Å². The van der Waals surface area contributed by atoms with E-state index in [4.69, 9.17) is 33.7 Å². The van der Waals surface area contributed by atoms with Crippen molar-refractivity contribution in [3.63, 3.8) is 0 Å². The molecule has 3 nitrogen and oxygen atoms in total. The summed E-state index contributed by atoms with van der Waals surface area (Å²) in [6, 6.07) is 1.34. The molecule has 0 aliphatic carbocycles. The Labute approximate surface area is 114 Å². The molecule has 0 fully saturated rings. The van der Waals surface area contributed by atoms with Gasteiger partial charge >= 0.3 is 6.61 Å². The fourth-order valence-corrected chi connectivity index (χ4v) is 1.79. The van der Waals surface area contributed by atoms with Crippen LogP contribution in [0.25, 0.3) is 0 Å². The van der Waals surface area contributed by atoms with Crippen LogP contribution in [0, 0.1) is 0 Å². The Balaban J connectivity index is 3.24. The SMILES string of the molecule is CCCOc1cc(Cl)c(Cl)c(CN)c1OC(F)F. The zero-order chi connectivity index (χ0) is 13.7. The van der Waals surface area contributed by atoms with Gasteiger partial charge in [-0.1, -0.05) is 30.1 Å². The molecular formula is C11H13Cl2F2NO2. The topological polar surface area (TPSA) is 44.5 Å². The molecule has 102 valence electrons. The number of benzene rings is 1. The summed E-state index contributed by atoms with van der Waals surface area (Å²) in [6.07, 6.45) is 0.715. The highest BCUT2D eigenvalue weighted by molar-refractivity contribution is 6.42. The Morgan fingerprint density at radius 2 is 2.06 bits per heavy atom. The number of nitrogens with two attached hydrogens (primary N) is 1. The maximum Gasteiger partial charge on any atom is 0.387 e. The van der Waals surface area contributed by atoms with Gasteiger partial charge in [-0.3, -0.25) is 0 Å². The maximum atomic E-state index is 12.4. The molecule has 1 aromatic rings. The standard InChI is InChI=1S/C11H13Cl2F2NO2/c1-2-3-17-8-4-7(12)9(13)6(5-16)10(8)18-11(14)15/h4,11H,2-3,5,16H2,1H3. The first-order chi connectivity index (χ1) is 8.51. The fraction of sp³-hybridized carbons (Fsp3) is 0.455. The van der Waals surface area contributed by atoms with Crippen LogP contribution in [-0.2, 0) is 6.54 Å². The van der Waals surface area contributed by atoms with Crippen molar-refractivity contribution >= 4 is 23.2 Å². The highest BCUT2D eigenvalue weighted by Gasteiger charge is 2.20. The molecule has 2 N–H and O–H groups in total. The van der Waals surface area contributed by atoms with Crippen molar-refractivity contribution < 1.29 is 18.3 Å². The molecule has 1 aromatic carbocycles. The highest BCUT2D eigenvalue weighted by Crippen LogP contribution is 2.41. The van der Waals surface area contributed by atoms with Crippen LogP contribution in [0.3, 0.4) is 0 Å². The number of hydrogen-bond donors (Lipinski definition) is 1. The Morgan fingerprint density at radius 1 is 1.39 bits per heavy atom. The van der Waals surface area contributed by atoms with Crippen LogP contribution < -0.4 is 15.2 Å². The predicted molar refractivity (Wildman–Crippen MR) is 66.8 cm³/mol. The van der Waals surface area contributed by atoms with Crippen molar-refractivity contribution in [2.24, 2.45) is 5.73 Å². The Morgan fingerprint density at radius 3 is 2.56 bits per heavy atom. The van der Waals surface area contributed by atoms with Crippen molar-refractivity contribution in [2.45, 2.75) is 26.5 Å². The van der Waals surface area contributed by atoms with Gasteiger partial charge in [0.25, 0.3) is 0 Å². The lowest BCUT2D eigenvalue weighted by molar-refractivity contribution is -0.0520. The van der Waals surface area contributed by atoms with E-state index in [-0.39, 0.29) is 33.7 Å². The van der Waals surface area contributed by atoms with E-state index in [0.717, 1.165) is 0 Å². The van der Waals surface area contributed by atoms with E-state index in [1.54, 1.807) is 0 Å². The van der Waals surface area contributed by atoms with E-state index in [1.165, 1.54) is 6.07 Å². The normalized spacial score (nSPS) is 10.8. The van der Waals surface area contributed by atoms with Crippen LogP contribution in [0.1, 0.15) is 18.9 Å². The van der Waals surface area contributed by atoms with Gasteiger partial charge in [-0.25, -0.2) is 0 Å². The lowest BCUT2D eigenvalue weighted by atomic mass is 10.2. The first-order valence-corrected chi connectivity index (χ1v) is 6.05. The van der Waals surface area contributed by atoms with Gasteiger partial charge in [0.2, 0.25) is 0 Å². The summed E-state index contributed by atoms with van der Waals surface area (Å²) in [6.45, 7) is -0.836. The first-order valence-electron chi connectivity index (χ1n) is 5.29. The smallest absolute Gasteiger partial charge is 0.387 e. The third-order valence-electron chi connectivity index (χ3n) is 2.10. The molecule has 0 radical (unpaired) electrons. The van der Waals surface area contributed by atoms with Gasteiger partial charge in [-0.15, -0.1) is 0 Å². The van der Waals surface area contributed by atoms with Crippen molar-refractivity contribution in [3.05, 3.63) is 21.7 Å². The van der Waals surface area contributed by atoms with Crippen LogP contribution in [0.4, 0.5) is 8.78 Å². The second-order valence-corrected chi connectivity index (χ2v) is 4.19. The molecule has 0 heterocycles. The average molecular weight is 300 g/mol. The molecule has 0 aliphatic rings. The van der Waals surface area contributed by atoms with E-state index in [0.29, 0.717) is 13.0 Å². The minimum absolute atomic E-state index is 0.0794. The molecule has 0 atom stereocenters. The van der Waals surface area contributed by atoms with Crippen molar-refractivity contribution in [2.75, 3.05) is 6.61 Å². The molecule has 0 aliphatic heterocycles. The van der Waals surface area contributed by atoms with E-state index in [1.807, 2.05) is 6.92 Å². The molecule has 0 bridgehead atoms. The van der Waals surface area contributed by atoms with Crippen LogP contribution >= 0.6 is 23.2 Å². The number of hydrogen-bond acceptors (Lipinski definition) is 3.